The van der Waals surface area contributed by atoms with Gasteiger partial charge in [-0.1, -0.05) is 25.7 Å². The van der Waals surface area contributed by atoms with Crippen molar-refractivity contribution in [3.05, 3.63) is 22.2 Å². The van der Waals surface area contributed by atoms with E-state index in [0.29, 0.717) is 12.6 Å². The molecule has 1 aliphatic carbocycles. The van der Waals surface area contributed by atoms with Crippen LogP contribution in [0.15, 0.2) is 16.6 Å². The molecule has 0 amide bonds. The van der Waals surface area contributed by atoms with Crippen LogP contribution < -0.4 is 14.8 Å². The quantitative estimate of drug-likeness (QED) is 0.752. The van der Waals surface area contributed by atoms with E-state index in [2.05, 4.69) is 33.4 Å². The first-order valence-corrected chi connectivity index (χ1v) is 8.76. The SMILES string of the molecule is CCOc1c(Br)cc(CNC2CCCCCC2)cc1OC. The highest BCUT2D eigenvalue weighted by atomic mass is 79.9. The molecular weight excluding hydrogens is 330 g/mol. The van der Waals surface area contributed by atoms with Gasteiger partial charge in [-0.15, -0.1) is 0 Å². The molecule has 21 heavy (non-hydrogen) atoms. The molecule has 0 aliphatic heterocycles. The van der Waals surface area contributed by atoms with Gasteiger partial charge in [0.05, 0.1) is 18.2 Å². The molecule has 4 heteroatoms. The lowest BCUT2D eigenvalue weighted by molar-refractivity contribution is 0.308. The second-order valence-corrected chi connectivity index (χ2v) is 6.47. The number of ether oxygens (including phenoxy) is 2. The summed E-state index contributed by atoms with van der Waals surface area (Å²) < 4.78 is 12.0. The zero-order valence-corrected chi connectivity index (χ0v) is 14.7. The van der Waals surface area contributed by atoms with Crippen molar-refractivity contribution < 1.29 is 9.47 Å². The van der Waals surface area contributed by atoms with Crippen LogP contribution in [0.1, 0.15) is 51.0 Å². The van der Waals surface area contributed by atoms with E-state index in [-0.39, 0.29) is 0 Å². The molecular formula is C17H26BrNO2. The monoisotopic (exact) mass is 355 g/mol. The third-order valence-corrected chi connectivity index (χ3v) is 4.62. The fourth-order valence-corrected chi connectivity index (χ4v) is 3.51. The molecule has 2 rings (SSSR count). The second-order valence-electron chi connectivity index (χ2n) is 5.61. The van der Waals surface area contributed by atoms with Crippen molar-refractivity contribution in [2.75, 3.05) is 13.7 Å². The lowest BCUT2D eigenvalue weighted by Crippen LogP contribution is -2.27. The molecule has 1 aromatic rings. The maximum Gasteiger partial charge on any atom is 0.175 e. The van der Waals surface area contributed by atoms with Crippen LogP contribution in [0.4, 0.5) is 0 Å². The highest BCUT2D eigenvalue weighted by Gasteiger charge is 2.14. The topological polar surface area (TPSA) is 30.5 Å². The lowest BCUT2D eigenvalue weighted by Gasteiger charge is -2.18. The summed E-state index contributed by atoms with van der Waals surface area (Å²) in [5, 5.41) is 3.69. The number of hydrogen-bond donors (Lipinski definition) is 1. The van der Waals surface area contributed by atoms with E-state index in [0.717, 1.165) is 22.5 Å². The summed E-state index contributed by atoms with van der Waals surface area (Å²) in [6.07, 6.45) is 8.09. The van der Waals surface area contributed by atoms with E-state index in [9.17, 15) is 0 Å². The Kier molecular flexibility index (Phi) is 6.84. The van der Waals surface area contributed by atoms with Crippen molar-refractivity contribution in [1.82, 2.24) is 5.32 Å². The first-order valence-electron chi connectivity index (χ1n) is 7.97. The zero-order chi connectivity index (χ0) is 15.1. The van der Waals surface area contributed by atoms with Crippen LogP contribution in [0.25, 0.3) is 0 Å². The Labute approximate surface area is 136 Å². The molecule has 0 saturated heterocycles. The fourth-order valence-electron chi connectivity index (χ4n) is 2.91. The van der Waals surface area contributed by atoms with Crippen LogP contribution >= 0.6 is 15.9 Å². The van der Waals surface area contributed by atoms with Gasteiger partial charge < -0.3 is 14.8 Å². The third-order valence-electron chi connectivity index (χ3n) is 4.03. The number of nitrogens with one attached hydrogen (secondary N) is 1. The summed E-state index contributed by atoms with van der Waals surface area (Å²) in [4.78, 5) is 0. The normalized spacial score (nSPS) is 16.5. The molecule has 0 unspecified atom stereocenters. The van der Waals surface area contributed by atoms with Gasteiger partial charge in [-0.2, -0.15) is 0 Å². The summed E-state index contributed by atoms with van der Waals surface area (Å²) in [5.74, 6) is 1.59. The number of hydrogen-bond acceptors (Lipinski definition) is 3. The van der Waals surface area contributed by atoms with Crippen LogP contribution in [0, 0.1) is 0 Å². The van der Waals surface area contributed by atoms with Gasteiger partial charge in [0.2, 0.25) is 0 Å². The van der Waals surface area contributed by atoms with Gasteiger partial charge in [-0.05, 0) is 53.4 Å². The third kappa shape index (κ3) is 4.89. The van der Waals surface area contributed by atoms with E-state index in [1.165, 1.54) is 44.1 Å². The molecule has 1 aromatic carbocycles. The lowest BCUT2D eigenvalue weighted by atomic mass is 10.1. The van der Waals surface area contributed by atoms with Crippen LogP contribution in [-0.2, 0) is 6.54 Å². The molecule has 1 aliphatic rings. The number of rotatable bonds is 6. The Morgan fingerprint density at radius 2 is 1.90 bits per heavy atom. The molecule has 118 valence electrons. The standard InChI is InChI=1S/C17H26BrNO2/c1-3-21-17-15(18)10-13(11-16(17)20-2)12-19-14-8-6-4-5-7-9-14/h10-11,14,19H,3-9,12H2,1-2H3. The predicted molar refractivity (Wildman–Crippen MR) is 90.2 cm³/mol. The molecule has 3 nitrogen and oxygen atoms in total. The molecule has 0 bridgehead atoms. The van der Waals surface area contributed by atoms with Gasteiger partial charge in [0.1, 0.15) is 0 Å². The Morgan fingerprint density at radius 1 is 1.19 bits per heavy atom. The van der Waals surface area contributed by atoms with Crippen LogP contribution in [0.3, 0.4) is 0 Å². The molecule has 0 aromatic heterocycles. The molecule has 0 heterocycles. The summed E-state index contributed by atoms with van der Waals surface area (Å²) in [7, 11) is 1.69. The molecule has 0 atom stereocenters. The number of methoxy groups -OCH3 is 1. The average molecular weight is 356 g/mol. The van der Waals surface area contributed by atoms with Crippen molar-refractivity contribution in [3.63, 3.8) is 0 Å². The molecule has 0 radical (unpaired) electrons. The molecule has 1 N–H and O–H groups in total. The van der Waals surface area contributed by atoms with E-state index in [1.807, 2.05) is 6.92 Å². The predicted octanol–water partition coefficient (Wildman–Crippen LogP) is 4.67. The zero-order valence-electron chi connectivity index (χ0n) is 13.1. The van der Waals surface area contributed by atoms with Crippen molar-refractivity contribution >= 4 is 15.9 Å². The van der Waals surface area contributed by atoms with Crippen LogP contribution in [-0.4, -0.2) is 19.8 Å². The van der Waals surface area contributed by atoms with E-state index in [1.54, 1.807) is 7.11 Å². The van der Waals surface area contributed by atoms with Gasteiger partial charge in [0.25, 0.3) is 0 Å². The fraction of sp³-hybridized carbons (Fsp3) is 0.647. The first-order chi connectivity index (χ1) is 10.2. The summed E-state index contributed by atoms with van der Waals surface area (Å²) in [5.41, 5.74) is 1.23. The van der Waals surface area contributed by atoms with Crippen LogP contribution in [0.2, 0.25) is 0 Å². The minimum absolute atomic E-state index is 0.634. The highest BCUT2D eigenvalue weighted by Crippen LogP contribution is 2.36. The smallest absolute Gasteiger partial charge is 0.175 e. The minimum Gasteiger partial charge on any atom is -0.493 e. The van der Waals surface area contributed by atoms with Crippen molar-refractivity contribution in [2.24, 2.45) is 0 Å². The summed E-state index contributed by atoms with van der Waals surface area (Å²) in [6, 6.07) is 4.85. The van der Waals surface area contributed by atoms with Gasteiger partial charge in [-0.3, -0.25) is 0 Å². The molecule has 0 spiro atoms. The minimum atomic E-state index is 0.634. The number of benzene rings is 1. The first kappa shape index (κ1) is 16.6. The maximum absolute atomic E-state index is 5.63. The van der Waals surface area contributed by atoms with E-state index < -0.39 is 0 Å². The van der Waals surface area contributed by atoms with Crippen molar-refractivity contribution in [3.8, 4) is 11.5 Å². The van der Waals surface area contributed by atoms with Gasteiger partial charge >= 0.3 is 0 Å². The maximum atomic E-state index is 5.63. The van der Waals surface area contributed by atoms with E-state index >= 15 is 0 Å². The van der Waals surface area contributed by atoms with Crippen LogP contribution in [0.5, 0.6) is 11.5 Å². The summed E-state index contributed by atoms with van der Waals surface area (Å²) in [6.45, 7) is 3.49. The Bertz CT molecular complexity index is 443. The van der Waals surface area contributed by atoms with Crippen molar-refractivity contribution in [2.45, 2.75) is 58.0 Å². The summed E-state index contributed by atoms with van der Waals surface area (Å²) >= 11 is 3.59. The molecule has 1 saturated carbocycles. The Morgan fingerprint density at radius 3 is 2.52 bits per heavy atom. The Balaban J connectivity index is 2.01. The Hall–Kier alpha value is -0.740. The van der Waals surface area contributed by atoms with Gasteiger partial charge in [0, 0.05) is 12.6 Å². The second kappa shape index (κ2) is 8.64. The molecule has 1 fully saturated rings. The van der Waals surface area contributed by atoms with Gasteiger partial charge in [-0.25, -0.2) is 0 Å². The van der Waals surface area contributed by atoms with Gasteiger partial charge in [0.15, 0.2) is 11.5 Å². The number of halogens is 1. The highest BCUT2D eigenvalue weighted by molar-refractivity contribution is 9.10. The largest absolute Gasteiger partial charge is 0.493 e. The van der Waals surface area contributed by atoms with E-state index in [4.69, 9.17) is 9.47 Å². The average Bonchev–Trinajstić information content (AvgIpc) is 2.76. The van der Waals surface area contributed by atoms with Crippen molar-refractivity contribution in [1.29, 1.82) is 0 Å².